The van der Waals surface area contributed by atoms with Crippen molar-refractivity contribution in [2.75, 3.05) is 118 Å². The van der Waals surface area contributed by atoms with Crippen LogP contribution in [0.5, 0.6) is 0 Å². The van der Waals surface area contributed by atoms with Gasteiger partial charge in [-0.1, -0.05) is 18.2 Å². The summed E-state index contributed by atoms with van der Waals surface area (Å²) in [7, 11) is -19.3. The quantitative estimate of drug-likeness (QED) is 0.0680. The predicted octanol–water partition coefficient (Wildman–Crippen LogP) is 7.43. The van der Waals surface area contributed by atoms with Gasteiger partial charge in [-0.3, -0.25) is 13.6 Å². The summed E-state index contributed by atoms with van der Waals surface area (Å²) in [5.41, 5.74) is -3.99. The molecule has 6 heterocycles. The van der Waals surface area contributed by atoms with Crippen LogP contribution in [-0.2, 0) is 76.6 Å². The van der Waals surface area contributed by atoms with E-state index in [0.29, 0.717) is 14.7 Å². The van der Waals surface area contributed by atoms with Crippen molar-refractivity contribution in [2.24, 2.45) is 0 Å². The van der Waals surface area contributed by atoms with Crippen LogP contribution >= 0.6 is 7.82 Å². The second-order valence-electron chi connectivity index (χ2n) is 23.0. The summed E-state index contributed by atoms with van der Waals surface area (Å²) in [6.45, 7) is -11.8. The highest BCUT2D eigenvalue weighted by molar-refractivity contribution is 7.89. The number of piperidine rings is 3. The lowest BCUT2D eigenvalue weighted by molar-refractivity contribution is -0.222. The first kappa shape index (κ1) is 73.6. The van der Waals surface area contributed by atoms with Gasteiger partial charge in [-0.05, 0) is 93.1 Å². The Balaban J connectivity index is 0.869. The fourth-order valence-electron chi connectivity index (χ4n) is 11.3. The van der Waals surface area contributed by atoms with Crippen LogP contribution in [0.25, 0.3) is 0 Å². The highest BCUT2D eigenvalue weighted by Gasteiger charge is 2.54. The molecular weight excluding hydrogens is 1390 g/mol. The van der Waals surface area contributed by atoms with Crippen LogP contribution in [0.2, 0.25) is 0 Å². The molecule has 530 valence electrons. The summed E-state index contributed by atoms with van der Waals surface area (Å²) in [5.74, 6) is -2.56. The molecule has 25 nitrogen and oxygen atoms in total. The zero-order valence-corrected chi connectivity index (χ0v) is 53.1. The number of alkyl halides is 9. The van der Waals surface area contributed by atoms with Crippen molar-refractivity contribution in [3.05, 3.63) is 90.2 Å². The molecule has 95 heavy (non-hydrogen) atoms. The van der Waals surface area contributed by atoms with Gasteiger partial charge in [-0.15, -0.1) is 0 Å². The minimum atomic E-state index is -6.41. The number of likely N-dealkylation sites (tertiary alicyclic amines) is 3. The topological polar surface area (TPSA) is 273 Å². The van der Waals surface area contributed by atoms with Crippen LogP contribution in [-0.4, -0.2) is 243 Å². The number of hydrogen-bond donors (Lipinski definition) is 0. The number of hydrogen-bond acceptors (Lipinski definition) is 19. The van der Waals surface area contributed by atoms with E-state index < -0.39 is 201 Å². The Morgan fingerprint density at radius 1 is 0.432 bits per heavy atom. The molecule has 3 aromatic carbocycles. The zero-order chi connectivity index (χ0) is 69.2. The Labute approximate surface area is 536 Å². The molecule has 6 saturated heterocycles. The van der Waals surface area contributed by atoms with Crippen molar-refractivity contribution >= 4 is 56.2 Å². The van der Waals surface area contributed by atoms with Gasteiger partial charge in [-0.2, -0.15) is 52.4 Å². The molecule has 6 fully saturated rings. The minimum absolute atomic E-state index is 0.187. The number of halogens is 12. The Morgan fingerprint density at radius 3 is 0.895 bits per heavy atom. The number of sulfonamides is 3. The van der Waals surface area contributed by atoms with E-state index >= 15 is 0 Å². The SMILES string of the molecule is O=C(OC(COP(=O)(OCC(OC(=O)N1CCC2(CC1)CN(S(=O)(=O)c1cccc(F)c1)CCO2)C(F)(F)F)OCC(OC(=O)N1CCC2(CC1)CN(S(=O)(=O)c1cccc(F)c1)CCO2)C(F)(F)F)C(F)(F)F)N1CCC2(CC1)CN(S(=O)(=O)c1cccc(F)c1)CCO2. The molecule has 0 aliphatic carbocycles. The number of rotatable bonds is 18. The Hall–Kier alpha value is -5.65. The number of amides is 3. The van der Waals surface area contributed by atoms with Gasteiger partial charge in [0.1, 0.15) is 37.3 Å². The molecule has 3 spiro atoms. The van der Waals surface area contributed by atoms with Crippen molar-refractivity contribution in [3.8, 4) is 0 Å². The van der Waals surface area contributed by atoms with Gasteiger partial charge < -0.3 is 43.1 Å². The summed E-state index contributed by atoms with van der Waals surface area (Å²) in [6, 6.07) is 12.3. The van der Waals surface area contributed by atoms with E-state index in [4.69, 9.17) is 27.8 Å². The third kappa shape index (κ3) is 17.8. The second-order valence-corrected chi connectivity index (χ2v) is 30.5. The fourth-order valence-corrected chi connectivity index (χ4v) is 17.1. The molecule has 0 aromatic heterocycles. The molecule has 6 aliphatic rings. The number of carbonyl (C=O) groups is 3. The number of nitrogens with zero attached hydrogens (tertiary/aromatic N) is 6. The van der Waals surface area contributed by atoms with Gasteiger partial charge in [0.2, 0.25) is 48.4 Å². The Kier molecular flexibility index (Phi) is 22.2. The first-order chi connectivity index (χ1) is 44.3. The molecule has 9 rings (SSSR count). The van der Waals surface area contributed by atoms with E-state index in [0.717, 1.165) is 85.7 Å². The summed E-state index contributed by atoms with van der Waals surface area (Å²) >= 11 is 0. The molecule has 0 radical (unpaired) electrons. The number of phosphoric ester groups is 1. The highest BCUT2D eigenvalue weighted by Crippen LogP contribution is 2.52. The number of morpholine rings is 3. The lowest BCUT2D eigenvalue weighted by atomic mass is 9.90. The van der Waals surface area contributed by atoms with Crippen LogP contribution in [0.1, 0.15) is 38.5 Å². The molecule has 6 aliphatic heterocycles. The maximum atomic E-state index is 14.8. The standard InChI is InChI=1S/C54H63F12N6O19PS3/c55-37-4-1-7-40(28-37)93(77,78)70-22-25-83-49(34-70)10-16-67(17-11-49)46(73)89-43(52(58,59)60)31-86-92(76,87-32-44(53(61,62)63)90-47(74)68-18-12-50(13-19-68)35-71(23-26-84-50)94(79,80)41-8-2-5-38(56)29-41)88-33-45(54(64,65)66)91-48(75)69-20-14-51(15-21-69)36-72(24-27-85-51)95(81,82)42-9-3-6-39(57)30-42/h1-9,28-30,43-45H,10-27,31-36H2. The first-order valence-corrected chi connectivity index (χ1v) is 34.9. The number of phosphoric acid groups is 1. The molecule has 0 N–H and O–H groups in total. The van der Waals surface area contributed by atoms with Crippen molar-refractivity contribution in [2.45, 2.75) is 107 Å². The van der Waals surface area contributed by atoms with Crippen LogP contribution in [0, 0.1) is 17.5 Å². The van der Waals surface area contributed by atoms with Crippen LogP contribution < -0.4 is 0 Å². The number of carbonyl (C=O) groups excluding carboxylic acids is 3. The van der Waals surface area contributed by atoms with Crippen LogP contribution in [0.15, 0.2) is 87.5 Å². The van der Waals surface area contributed by atoms with E-state index in [-0.39, 0.29) is 97.6 Å². The van der Waals surface area contributed by atoms with E-state index in [2.05, 4.69) is 14.2 Å². The summed E-state index contributed by atoms with van der Waals surface area (Å²) in [4.78, 5) is 41.1. The van der Waals surface area contributed by atoms with Crippen molar-refractivity contribution in [3.63, 3.8) is 0 Å². The normalized spacial score (nSPS) is 22.0. The number of benzene rings is 3. The third-order valence-electron chi connectivity index (χ3n) is 16.7. The average molecular weight is 1460 g/mol. The van der Waals surface area contributed by atoms with Crippen molar-refractivity contribution in [1.82, 2.24) is 27.6 Å². The lowest BCUT2D eigenvalue weighted by Gasteiger charge is -2.46. The molecule has 3 amide bonds. The van der Waals surface area contributed by atoms with E-state index in [9.17, 15) is 96.9 Å². The molecule has 3 aromatic rings. The van der Waals surface area contributed by atoms with E-state index in [1.54, 1.807) is 0 Å². The van der Waals surface area contributed by atoms with Crippen LogP contribution in [0.3, 0.4) is 0 Å². The average Bonchev–Trinajstić information content (AvgIpc) is 0.784. The molecule has 0 bridgehead atoms. The smallest absolute Gasteiger partial charge is 0.434 e. The molecule has 0 saturated carbocycles. The molecule has 3 unspecified atom stereocenters. The van der Waals surface area contributed by atoms with Crippen molar-refractivity contribution < 1.29 is 139 Å². The second kappa shape index (κ2) is 28.7. The Morgan fingerprint density at radius 2 is 0.674 bits per heavy atom. The fraction of sp³-hybridized carbons (Fsp3) is 0.611. The van der Waals surface area contributed by atoms with Gasteiger partial charge in [-0.25, -0.2) is 57.4 Å². The lowest BCUT2D eigenvalue weighted by Crippen LogP contribution is -2.58. The molecule has 3 atom stereocenters. The maximum absolute atomic E-state index is 14.8. The molecule has 41 heteroatoms. The highest BCUT2D eigenvalue weighted by atomic mass is 32.2. The monoisotopic (exact) mass is 1450 g/mol. The minimum Gasteiger partial charge on any atom is -0.434 e. The number of ether oxygens (including phenoxy) is 6. The largest absolute Gasteiger partial charge is 0.475 e. The summed E-state index contributed by atoms with van der Waals surface area (Å²) < 4.78 is 319. The zero-order valence-electron chi connectivity index (χ0n) is 49.8. The first-order valence-electron chi connectivity index (χ1n) is 29.1. The van der Waals surface area contributed by atoms with Gasteiger partial charge in [0.25, 0.3) is 0 Å². The van der Waals surface area contributed by atoms with E-state index in [1.165, 1.54) is 0 Å². The van der Waals surface area contributed by atoms with Gasteiger partial charge in [0, 0.05) is 78.5 Å². The Bertz CT molecular complexity index is 3280. The van der Waals surface area contributed by atoms with Gasteiger partial charge in [0.05, 0.1) is 51.3 Å². The molecular formula is C54H63F12N6O19PS3. The summed E-state index contributed by atoms with van der Waals surface area (Å²) in [5, 5.41) is 0. The third-order valence-corrected chi connectivity index (χ3v) is 23.6. The predicted molar refractivity (Wildman–Crippen MR) is 298 cm³/mol. The van der Waals surface area contributed by atoms with Gasteiger partial charge in [0.15, 0.2) is 0 Å². The maximum Gasteiger partial charge on any atom is 0.475 e. The van der Waals surface area contributed by atoms with Crippen LogP contribution in [0.4, 0.5) is 67.1 Å². The summed E-state index contributed by atoms with van der Waals surface area (Å²) in [6.07, 6.45) is -34.7. The van der Waals surface area contributed by atoms with E-state index in [1.807, 2.05) is 0 Å². The van der Waals surface area contributed by atoms with Gasteiger partial charge >= 0.3 is 44.6 Å². The van der Waals surface area contributed by atoms with Crippen molar-refractivity contribution in [1.29, 1.82) is 0 Å².